The van der Waals surface area contributed by atoms with Crippen LogP contribution in [0.25, 0.3) is 0 Å². The van der Waals surface area contributed by atoms with E-state index in [1.54, 1.807) is 11.8 Å². The molecule has 0 aliphatic rings. The van der Waals surface area contributed by atoms with Crippen LogP contribution in [0.1, 0.15) is 9.67 Å². The Balaban J connectivity index is 2.14. The second kappa shape index (κ2) is 4.84. The van der Waals surface area contributed by atoms with E-state index in [1.807, 2.05) is 36.4 Å². The van der Waals surface area contributed by atoms with Gasteiger partial charge in [0.15, 0.2) is 6.29 Å². The lowest BCUT2D eigenvalue weighted by Gasteiger charge is -1.97. The normalized spacial score (nSPS) is 10.2. The van der Waals surface area contributed by atoms with Crippen molar-refractivity contribution in [3.8, 4) is 0 Å². The van der Waals surface area contributed by atoms with Crippen molar-refractivity contribution in [3.63, 3.8) is 0 Å². The average Bonchev–Trinajstić information content (AvgIpc) is 2.69. The number of hydrogen-bond acceptors (Lipinski definition) is 3. The molecule has 0 saturated heterocycles. The Morgan fingerprint density at radius 2 is 1.87 bits per heavy atom. The van der Waals surface area contributed by atoms with Crippen LogP contribution in [0.4, 0.5) is 0 Å². The minimum atomic E-state index is 0.735. The Kier molecular flexibility index (Phi) is 3.46. The summed E-state index contributed by atoms with van der Waals surface area (Å²) in [5.74, 6) is 0. The van der Waals surface area contributed by atoms with E-state index in [1.165, 1.54) is 11.3 Å². The van der Waals surface area contributed by atoms with E-state index in [9.17, 15) is 4.79 Å². The fraction of sp³-hybridized carbons (Fsp3) is 0. The van der Waals surface area contributed by atoms with Gasteiger partial charge in [-0.1, -0.05) is 23.4 Å². The molecule has 4 heteroatoms. The summed E-state index contributed by atoms with van der Waals surface area (Å²) in [6, 6.07) is 11.4. The maximum absolute atomic E-state index is 10.5. The highest BCUT2D eigenvalue weighted by atomic mass is 35.5. The van der Waals surface area contributed by atoms with Crippen LogP contribution in [-0.4, -0.2) is 6.29 Å². The smallest absolute Gasteiger partial charge is 0.160 e. The zero-order valence-electron chi connectivity index (χ0n) is 7.64. The molecule has 0 fully saturated rings. The van der Waals surface area contributed by atoms with Gasteiger partial charge in [0.2, 0.25) is 0 Å². The molecule has 1 aromatic heterocycles. The molecule has 1 heterocycles. The maximum atomic E-state index is 10.5. The number of hydrogen-bond donors (Lipinski definition) is 0. The van der Waals surface area contributed by atoms with Crippen molar-refractivity contribution in [2.75, 3.05) is 0 Å². The first-order chi connectivity index (χ1) is 7.28. The van der Waals surface area contributed by atoms with Gasteiger partial charge in [-0.15, -0.1) is 11.3 Å². The fourth-order valence-corrected chi connectivity index (χ4v) is 3.13. The predicted octanol–water partition coefficient (Wildman–Crippen LogP) is 4.37. The van der Waals surface area contributed by atoms with Gasteiger partial charge < -0.3 is 0 Å². The number of carbonyl (C=O) groups excluding carboxylic acids is 1. The Bertz CT molecular complexity index is 462. The van der Waals surface area contributed by atoms with Gasteiger partial charge in [0.1, 0.15) is 0 Å². The molecular weight excluding hydrogens is 248 g/mol. The molecule has 0 aliphatic heterocycles. The molecule has 1 nitrogen and oxygen atoms in total. The lowest BCUT2D eigenvalue weighted by atomic mass is 10.4. The Labute approximate surface area is 101 Å². The van der Waals surface area contributed by atoms with Gasteiger partial charge in [0.25, 0.3) is 0 Å². The largest absolute Gasteiger partial charge is 0.297 e. The molecular formula is C11H7ClOS2. The highest BCUT2D eigenvalue weighted by molar-refractivity contribution is 8.01. The van der Waals surface area contributed by atoms with Gasteiger partial charge in [0.05, 0.1) is 9.09 Å². The minimum absolute atomic E-state index is 0.735. The molecule has 0 amide bonds. The van der Waals surface area contributed by atoms with Crippen molar-refractivity contribution in [2.24, 2.45) is 0 Å². The van der Waals surface area contributed by atoms with Crippen molar-refractivity contribution in [3.05, 3.63) is 46.3 Å². The van der Waals surface area contributed by atoms with Crippen molar-refractivity contribution in [1.29, 1.82) is 0 Å². The molecule has 15 heavy (non-hydrogen) atoms. The number of halogens is 1. The molecule has 0 spiro atoms. The molecule has 0 radical (unpaired) electrons. The van der Waals surface area contributed by atoms with Crippen LogP contribution in [0.2, 0.25) is 5.02 Å². The fourth-order valence-electron chi connectivity index (χ4n) is 1.07. The van der Waals surface area contributed by atoms with E-state index >= 15 is 0 Å². The van der Waals surface area contributed by atoms with E-state index in [0.717, 1.165) is 25.3 Å². The van der Waals surface area contributed by atoms with Gasteiger partial charge in [-0.05, 0) is 36.4 Å². The van der Waals surface area contributed by atoms with Gasteiger partial charge in [-0.2, -0.15) is 0 Å². The molecule has 2 rings (SSSR count). The summed E-state index contributed by atoms with van der Waals surface area (Å²) in [6.45, 7) is 0. The summed E-state index contributed by atoms with van der Waals surface area (Å²) in [6.07, 6.45) is 0.872. The van der Waals surface area contributed by atoms with Crippen LogP contribution < -0.4 is 0 Å². The second-order valence-electron chi connectivity index (χ2n) is 2.83. The van der Waals surface area contributed by atoms with Crippen molar-refractivity contribution >= 4 is 41.0 Å². The van der Waals surface area contributed by atoms with Crippen molar-refractivity contribution < 1.29 is 4.79 Å². The molecule has 2 aromatic rings. The third-order valence-electron chi connectivity index (χ3n) is 1.75. The zero-order chi connectivity index (χ0) is 10.7. The third-order valence-corrected chi connectivity index (χ3v) is 4.15. The highest BCUT2D eigenvalue weighted by Gasteiger charge is 2.01. The Morgan fingerprint density at radius 3 is 2.47 bits per heavy atom. The number of benzene rings is 1. The molecule has 0 bridgehead atoms. The summed E-state index contributed by atoms with van der Waals surface area (Å²) in [4.78, 5) is 12.4. The summed E-state index contributed by atoms with van der Waals surface area (Å²) in [5, 5.41) is 0.735. The van der Waals surface area contributed by atoms with Crippen molar-refractivity contribution in [2.45, 2.75) is 9.10 Å². The van der Waals surface area contributed by atoms with Crippen LogP contribution in [0, 0.1) is 0 Å². The van der Waals surface area contributed by atoms with E-state index in [0.29, 0.717) is 0 Å². The summed E-state index contributed by atoms with van der Waals surface area (Å²) >= 11 is 8.92. The first kappa shape index (κ1) is 10.7. The molecule has 76 valence electrons. The SMILES string of the molecule is O=Cc1ccc(Sc2ccc(Cl)cc2)s1. The van der Waals surface area contributed by atoms with E-state index in [-0.39, 0.29) is 0 Å². The van der Waals surface area contributed by atoms with Crippen molar-refractivity contribution in [1.82, 2.24) is 0 Å². The van der Waals surface area contributed by atoms with Gasteiger partial charge in [0, 0.05) is 9.92 Å². The number of thiophene rings is 1. The zero-order valence-corrected chi connectivity index (χ0v) is 10.0. The molecule has 0 atom stereocenters. The summed E-state index contributed by atoms with van der Waals surface area (Å²) < 4.78 is 1.11. The summed E-state index contributed by atoms with van der Waals surface area (Å²) in [7, 11) is 0. The molecule has 0 unspecified atom stereocenters. The van der Waals surface area contributed by atoms with E-state index in [4.69, 9.17) is 11.6 Å². The molecule has 0 N–H and O–H groups in total. The van der Waals surface area contributed by atoms with Gasteiger partial charge in [-0.25, -0.2) is 0 Å². The molecule has 0 aliphatic carbocycles. The van der Waals surface area contributed by atoms with Crippen LogP contribution in [0.15, 0.2) is 45.5 Å². The minimum Gasteiger partial charge on any atom is -0.297 e. The first-order valence-corrected chi connectivity index (χ1v) is 6.27. The predicted molar refractivity (Wildman–Crippen MR) is 65.3 cm³/mol. The van der Waals surface area contributed by atoms with E-state index in [2.05, 4.69) is 0 Å². The monoisotopic (exact) mass is 254 g/mol. The van der Waals surface area contributed by atoms with Crippen LogP contribution in [0.5, 0.6) is 0 Å². The first-order valence-electron chi connectivity index (χ1n) is 4.26. The Hall–Kier alpha value is -0.770. The third kappa shape index (κ3) is 2.84. The number of carbonyl (C=O) groups is 1. The topological polar surface area (TPSA) is 17.1 Å². The van der Waals surface area contributed by atoms with Gasteiger partial charge in [-0.3, -0.25) is 4.79 Å². The average molecular weight is 255 g/mol. The van der Waals surface area contributed by atoms with Crippen LogP contribution >= 0.6 is 34.7 Å². The molecule has 0 saturated carbocycles. The number of aldehydes is 1. The van der Waals surface area contributed by atoms with Crippen LogP contribution in [-0.2, 0) is 0 Å². The Morgan fingerprint density at radius 1 is 1.13 bits per heavy atom. The lowest BCUT2D eigenvalue weighted by Crippen LogP contribution is -1.68. The highest BCUT2D eigenvalue weighted by Crippen LogP contribution is 2.33. The van der Waals surface area contributed by atoms with Crippen LogP contribution in [0.3, 0.4) is 0 Å². The standard InChI is InChI=1S/C11H7ClOS2/c12-8-1-3-9(4-2-8)14-11-6-5-10(7-13)15-11/h1-7H. The van der Waals surface area contributed by atoms with E-state index < -0.39 is 0 Å². The quantitative estimate of drug-likeness (QED) is 0.757. The second-order valence-corrected chi connectivity index (χ2v) is 5.76. The number of rotatable bonds is 3. The summed E-state index contributed by atoms with van der Waals surface area (Å²) in [5.41, 5.74) is 0. The van der Waals surface area contributed by atoms with Gasteiger partial charge >= 0.3 is 0 Å². The molecule has 1 aromatic carbocycles. The lowest BCUT2D eigenvalue weighted by molar-refractivity contribution is 0.112. The maximum Gasteiger partial charge on any atom is 0.160 e.